The van der Waals surface area contributed by atoms with E-state index in [0.29, 0.717) is 0 Å². The van der Waals surface area contributed by atoms with E-state index < -0.39 is 0 Å². The summed E-state index contributed by atoms with van der Waals surface area (Å²) in [4.78, 5) is 7.36. The predicted octanol–water partition coefficient (Wildman–Crippen LogP) is 5.28. The molecular formula is C26H26N3O+. The molecule has 30 heavy (non-hydrogen) atoms. The topological polar surface area (TPSA) is 27.8 Å². The highest BCUT2D eigenvalue weighted by Crippen LogP contribution is 2.34. The number of ether oxygens (including phenoxy) is 1. The van der Waals surface area contributed by atoms with Gasteiger partial charge in [-0.25, -0.2) is 9.48 Å². The number of guanidine groups is 1. The van der Waals surface area contributed by atoms with Gasteiger partial charge in [-0.15, -0.1) is 4.99 Å². The first-order valence-electron chi connectivity index (χ1n) is 10.6. The number of methoxy groups -OCH3 is 1. The van der Waals surface area contributed by atoms with Crippen LogP contribution in [-0.4, -0.2) is 41.8 Å². The maximum atomic E-state index is 5.67. The quantitative estimate of drug-likeness (QED) is 0.561. The van der Waals surface area contributed by atoms with Crippen LogP contribution in [0.4, 0.5) is 5.69 Å². The minimum absolute atomic E-state index is 0.117. The van der Waals surface area contributed by atoms with Crippen molar-refractivity contribution in [2.75, 3.05) is 20.2 Å². The highest BCUT2D eigenvalue weighted by molar-refractivity contribution is 5.89. The zero-order valence-corrected chi connectivity index (χ0v) is 17.2. The number of rotatable bonds is 4. The second-order valence-corrected chi connectivity index (χ2v) is 7.70. The van der Waals surface area contributed by atoms with Crippen molar-refractivity contribution in [2.45, 2.75) is 18.9 Å². The van der Waals surface area contributed by atoms with E-state index in [1.165, 1.54) is 16.7 Å². The third-order valence-corrected chi connectivity index (χ3v) is 5.87. The van der Waals surface area contributed by atoms with Crippen LogP contribution in [0.15, 0.2) is 83.9 Å². The smallest absolute Gasteiger partial charge is 0.394 e. The van der Waals surface area contributed by atoms with Gasteiger partial charge < -0.3 is 4.74 Å². The molecule has 2 aliphatic rings. The molecule has 0 aromatic heterocycles. The second-order valence-electron chi connectivity index (χ2n) is 7.70. The van der Waals surface area contributed by atoms with Gasteiger partial charge in [-0.2, -0.15) is 0 Å². The van der Waals surface area contributed by atoms with Gasteiger partial charge in [0.25, 0.3) is 0 Å². The second kappa shape index (κ2) is 8.15. The summed E-state index contributed by atoms with van der Waals surface area (Å²) in [6.45, 7) is 1.87. The van der Waals surface area contributed by atoms with Gasteiger partial charge in [0.2, 0.25) is 0 Å². The summed E-state index contributed by atoms with van der Waals surface area (Å²) in [6, 6.07) is 27.7. The van der Waals surface area contributed by atoms with Crippen LogP contribution in [0.2, 0.25) is 0 Å². The largest absolute Gasteiger partial charge is 0.496 e. The molecule has 3 aromatic rings. The lowest BCUT2D eigenvalue weighted by molar-refractivity contribution is -0.304. The first-order chi connectivity index (χ1) is 14.8. The SMILES string of the molecule is COc1ccccc1C1C=[N+](c2ccc(-c3ccccc3)cc2)C2=NCCCCN21. The first kappa shape index (κ1) is 18.6. The normalized spacial score (nSPS) is 18.3. The van der Waals surface area contributed by atoms with Gasteiger partial charge in [-0.1, -0.05) is 60.7 Å². The molecule has 0 saturated heterocycles. The van der Waals surface area contributed by atoms with Crippen LogP contribution in [0, 0.1) is 0 Å². The Labute approximate surface area is 177 Å². The summed E-state index contributed by atoms with van der Waals surface area (Å²) in [5.74, 6) is 1.96. The van der Waals surface area contributed by atoms with Crippen LogP contribution in [-0.2, 0) is 0 Å². The average molecular weight is 397 g/mol. The minimum Gasteiger partial charge on any atom is -0.496 e. The van der Waals surface area contributed by atoms with E-state index in [0.717, 1.165) is 43.3 Å². The number of aliphatic imine (C=N–C) groups is 1. The maximum absolute atomic E-state index is 5.67. The molecule has 0 aliphatic carbocycles. The van der Waals surface area contributed by atoms with Gasteiger partial charge in [-0.3, -0.25) is 0 Å². The molecule has 4 heteroatoms. The summed E-state index contributed by atoms with van der Waals surface area (Å²) < 4.78 is 7.92. The van der Waals surface area contributed by atoms with E-state index >= 15 is 0 Å². The van der Waals surface area contributed by atoms with Crippen molar-refractivity contribution < 1.29 is 9.31 Å². The van der Waals surface area contributed by atoms with E-state index in [1.54, 1.807) is 7.11 Å². The fraction of sp³-hybridized carbons (Fsp3) is 0.231. The standard InChI is InChI=1S/C26H26N3O/c1-30-25-12-6-5-11-23(25)24-19-29(26-27-17-7-8-18-28(24)26)22-15-13-21(14-16-22)20-9-3-2-4-10-20/h2-6,9-16,19,24H,7-8,17-18H2,1H3/q+1. The van der Waals surface area contributed by atoms with E-state index in [-0.39, 0.29) is 6.04 Å². The fourth-order valence-electron chi connectivity index (χ4n) is 4.34. The Hall–Kier alpha value is -3.40. The van der Waals surface area contributed by atoms with Crippen molar-refractivity contribution in [1.29, 1.82) is 0 Å². The van der Waals surface area contributed by atoms with E-state index in [2.05, 4.69) is 76.4 Å². The molecule has 0 spiro atoms. The Kier molecular flexibility index (Phi) is 5.06. The molecule has 150 valence electrons. The van der Waals surface area contributed by atoms with Crippen molar-refractivity contribution in [1.82, 2.24) is 4.90 Å². The Balaban J connectivity index is 1.55. The summed E-state index contributed by atoms with van der Waals surface area (Å²) in [7, 11) is 1.74. The summed E-state index contributed by atoms with van der Waals surface area (Å²) in [6.07, 6.45) is 4.55. The molecule has 0 N–H and O–H groups in total. The predicted molar refractivity (Wildman–Crippen MR) is 122 cm³/mol. The van der Waals surface area contributed by atoms with E-state index in [4.69, 9.17) is 9.73 Å². The third kappa shape index (κ3) is 3.39. The van der Waals surface area contributed by atoms with Crippen molar-refractivity contribution >= 4 is 17.9 Å². The highest BCUT2D eigenvalue weighted by Gasteiger charge is 2.41. The Morgan fingerprint density at radius 3 is 2.40 bits per heavy atom. The lowest BCUT2D eigenvalue weighted by Gasteiger charge is -2.20. The van der Waals surface area contributed by atoms with Crippen LogP contribution in [0.5, 0.6) is 5.75 Å². The molecule has 2 heterocycles. The van der Waals surface area contributed by atoms with Crippen LogP contribution in [0.1, 0.15) is 24.4 Å². The summed E-state index contributed by atoms with van der Waals surface area (Å²) in [5, 5.41) is 0. The molecule has 0 radical (unpaired) electrons. The van der Waals surface area contributed by atoms with Gasteiger partial charge >= 0.3 is 5.96 Å². The molecule has 5 rings (SSSR count). The molecule has 0 amide bonds. The van der Waals surface area contributed by atoms with E-state index in [1.807, 2.05) is 18.2 Å². The van der Waals surface area contributed by atoms with Crippen molar-refractivity contribution in [3.63, 3.8) is 0 Å². The molecule has 1 atom stereocenters. The number of hydrogen-bond acceptors (Lipinski definition) is 3. The molecule has 2 aliphatic heterocycles. The Morgan fingerprint density at radius 1 is 0.867 bits per heavy atom. The molecule has 3 aromatic carbocycles. The van der Waals surface area contributed by atoms with Crippen LogP contribution < -0.4 is 4.74 Å². The van der Waals surface area contributed by atoms with Crippen molar-refractivity contribution in [2.24, 2.45) is 4.99 Å². The van der Waals surface area contributed by atoms with Gasteiger partial charge in [-0.05, 0) is 42.2 Å². The Bertz CT molecular complexity index is 1090. The molecule has 0 saturated carbocycles. The lowest BCUT2D eigenvalue weighted by Crippen LogP contribution is -2.33. The van der Waals surface area contributed by atoms with Gasteiger partial charge in [0.15, 0.2) is 6.04 Å². The maximum Gasteiger partial charge on any atom is 0.394 e. The zero-order valence-electron chi connectivity index (χ0n) is 17.2. The number of benzene rings is 3. The van der Waals surface area contributed by atoms with Crippen LogP contribution in [0.25, 0.3) is 11.1 Å². The fourth-order valence-corrected chi connectivity index (χ4v) is 4.34. The van der Waals surface area contributed by atoms with Crippen LogP contribution in [0.3, 0.4) is 0 Å². The van der Waals surface area contributed by atoms with Crippen LogP contribution >= 0.6 is 0 Å². The summed E-state index contributed by atoms with van der Waals surface area (Å²) >= 11 is 0. The number of hydrogen-bond donors (Lipinski definition) is 0. The number of nitrogens with zero attached hydrogens (tertiary/aromatic N) is 3. The Morgan fingerprint density at radius 2 is 1.60 bits per heavy atom. The third-order valence-electron chi connectivity index (χ3n) is 5.87. The molecule has 4 nitrogen and oxygen atoms in total. The molecular weight excluding hydrogens is 370 g/mol. The van der Waals surface area contributed by atoms with Crippen molar-refractivity contribution in [3.05, 3.63) is 84.4 Å². The average Bonchev–Trinajstić information content (AvgIpc) is 3.00. The number of fused-ring (bicyclic) bond motifs is 1. The van der Waals surface area contributed by atoms with E-state index in [9.17, 15) is 0 Å². The molecule has 0 bridgehead atoms. The minimum atomic E-state index is 0.117. The first-order valence-corrected chi connectivity index (χ1v) is 10.6. The highest BCUT2D eigenvalue weighted by atomic mass is 16.5. The monoisotopic (exact) mass is 396 g/mol. The van der Waals surface area contributed by atoms with Gasteiger partial charge in [0.05, 0.1) is 19.9 Å². The van der Waals surface area contributed by atoms with Gasteiger partial charge in [0.1, 0.15) is 18.0 Å². The van der Waals surface area contributed by atoms with Gasteiger partial charge in [0, 0.05) is 5.56 Å². The zero-order chi connectivity index (χ0) is 20.3. The summed E-state index contributed by atoms with van der Waals surface area (Å²) in [5.41, 5.74) is 4.77. The molecule has 0 fully saturated rings. The van der Waals surface area contributed by atoms with Crippen molar-refractivity contribution in [3.8, 4) is 16.9 Å². The lowest BCUT2D eigenvalue weighted by atomic mass is 10.1. The number of para-hydroxylation sites is 1. The molecule has 1 unspecified atom stereocenters.